The third-order valence-corrected chi connectivity index (χ3v) is 7.03. The third-order valence-electron chi connectivity index (χ3n) is 5.81. The first kappa shape index (κ1) is 23.0. The minimum Gasteiger partial charge on any atom is -0.493 e. The van der Waals surface area contributed by atoms with Crippen molar-refractivity contribution in [3.05, 3.63) is 64.2 Å². The van der Waals surface area contributed by atoms with Crippen molar-refractivity contribution in [1.82, 2.24) is 4.90 Å². The summed E-state index contributed by atoms with van der Waals surface area (Å²) in [5.41, 5.74) is 0.263. The van der Waals surface area contributed by atoms with Crippen molar-refractivity contribution in [2.45, 2.75) is 38.0 Å². The molecule has 1 amide bonds. The Labute approximate surface area is 197 Å². The second-order valence-electron chi connectivity index (χ2n) is 8.23. The van der Waals surface area contributed by atoms with Gasteiger partial charge in [-0.15, -0.1) is 11.8 Å². The number of methoxy groups -OCH3 is 2. The molecule has 1 saturated heterocycles. The Hall–Kier alpha value is -3.15. The molecule has 0 aromatic heterocycles. The number of nitriles is 1. The normalized spacial score (nSPS) is 22.3. The molecule has 2 aromatic rings. The molecule has 0 radical (unpaired) electrons. The molecule has 172 valence electrons. The van der Waals surface area contributed by atoms with E-state index in [1.165, 1.54) is 30.9 Å². The molecule has 2 heterocycles. The molecule has 0 aliphatic carbocycles. The summed E-state index contributed by atoms with van der Waals surface area (Å²) >= 11 is 1.31. The van der Waals surface area contributed by atoms with Crippen molar-refractivity contribution < 1.29 is 24.1 Å². The van der Waals surface area contributed by atoms with Gasteiger partial charge in [0.25, 0.3) is 0 Å². The second kappa shape index (κ2) is 9.00. The number of allylic oxidation sites excluding steroid dienone is 1. The van der Waals surface area contributed by atoms with Gasteiger partial charge in [0.05, 0.1) is 42.7 Å². The molecule has 4 rings (SSSR count). The lowest BCUT2D eigenvalue weighted by molar-refractivity contribution is -0.149. The zero-order valence-corrected chi connectivity index (χ0v) is 19.8. The molecule has 0 saturated carbocycles. The SMILES string of the molecule is COc1ccc([C@@]2(O)CSC3=C(C#N)[C@H](c4ccc(OC(C)C)cc4)CC(=O)N32)cc1OC. The summed E-state index contributed by atoms with van der Waals surface area (Å²) in [6.45, 7) is 3.91. The van der Waals surface area contributed by atoms with Crippen LogP contribution in [0, 0.1) is 11.3 Å². The highest BCUT2D eigenvalue weighted by molar-refractivity contribution is 8.03. The maximum atomic E-state index is 13.3. The Balaban J connectivity index is 1.72. The fraction of sp³-hybridized carbons (Fsp3) is 0.360. The minimum absolute atomic E-state index is 0.0570. The third kappa shape index (κ3) is 4.03. The number of rotatable bonds is 6. The summed E-state index contributed by atoms with van der Waals surface area (Å²) in [6.07, 6.45) is 0.147. The van der Waals surface area contributed by atoms with Gasteiger partial charge in [-0.1, -0.05) is 18.2 Å². The van der Waals surface area contributed by atoms with Crippen LogP contribution in [0.4, 0.5) is 0 Å². The minimum atomic E-state index is -1.58. The first-order chi connectivity index (χ1) is 15.8. The van der Waals surface area contributed by atoms with Crippen LogP contribution in [0.15, 0.2) is 53.1 Å². The number of ether oxygens (including phenoxy) is 3. The van der Waals surface area contributed by atoms with Crippen LogP contribution in [0.5, 0.6) is 17.2 Å². The van der Waals surface area contributed by atoms with E-state index in [-0.39, 0.29) is 30.1 Å². The van der Waals surface area contributed by atoms with Crippen molar-refractivity contribution in [2.75, 3.05) is 20.0 Å². The second-order valence-corrected chi connectivity index (χ2v) is 9.19. The zero-order chi connectivity index (χ0) is 23.8. The van der Waals surface area contributed by atoms with E-state index < -0.39 is 5.72 Å². The van der Waals surface area contributed by atoms with Gasteiger partial charge >= 0.3 is 0 Å². The Morgan fingerprint density at radius 2 is 1.85 bits per heavy atom. The summed E-state index contributed by atoms with van der Waals surface area (Å²) in [6, 6.07) is 14.9. The maximum absolute atomic E-state index is 13.3. The van der Waals surface area contributed by atoms with Gasteiger partial charge in [0.15, 0.2) is 17.2 Å². The number of benzene rings is 2. The van der Waals surface area contributed by atoms with Gasteiger partial charge in [-0.05, 0) is 43.7 Å². The van der Waals surface area contributed by atoms with Crippen LogP contribution < -0.4 is 14.2 Å². The first-order valence-corrected chi connectivity index (χ1v) is 11.6. The molecule has 2 aliphatic heterocycles. The van der Waals surface area contributed by atoms with Gasteiger partial charge in [0.2, 0.25) is 5.91 Å². The number of fused-ring (bicyclic) bond motifs is 1. The van der Waals surface area contributed by atoms with Crippen LogP contribution in [0.2, 0.25) is 0 Å². The molecule has 33 heavy (non-hydrogen) atoms. The summed E-state index contributed by atoms with van der Waals surface area (Å²) < 4.78 is 16.4. The Kier molecular flexibility index (Phi) is 6.28. The van der Waals surface area contributed by atoms with E-state index >= 15 is 0 Å². The van der Waals surface area contributed by atoms with E-state index in [0.717, 1.165) is 11.3 Å². The molecule has 8 heteroatoms. The molecular weight excluding hydrogens is 440 g/mol. The van der Waals surface area contributed by atoms with Crippen LogP contribution in [0.3, 0.4) is 0 Å². The van der Waals surface area contributed by atoms with Crippen LogP contribution >= 0.6 is 11.8 Å². The van der Waals surface area contributed by atoms with Gasteiger partial charge < -0.3 is 19.3 Å². The van der Waals surface area contributed by atoms with E-state index in [1.54, 1.807) is 18.2 Å². The molecule has 1 N–H and O–H groups in total. The lowest BCUT2D eigenvalue weighted by Crippen LogP contribution is -2.48. The molecular formula is C25H26N2O5S. The fourth-order valence-corrected chi connectivity index (χ4v) is 5.62. The Morgan fingerprint density at radius 3 is 2.45 bits per heavy atom. The molecule has 0 spiro atoms. The van der Waals surface area contributed by atoms with Crippen molar-refractivity contribution >= 4 is 17.7 Å². The van der Waals surface area contributed by atoms with Crippen molar-refractivity contribution in [3.63, 3.8) is 0 Å². The van der Waals surface area contributed by atoms with Crippen LogP contribution in [0.1, 0.15) is 37.3 Å². The number of aliphatic hydroxyl groups is 1. The lowest BCUT2D eigenvalue weighted by Gasteiger charge is -2.38. The Bertz CT molecular complexity index is 1140. The van der Waals surface area contributed by atoms with Crippen molar-refractivity contribution in [2.24, 2.45) is 0 Å². The van der Waals surface area contributed by atoms with Crippen molar-refractivity contribution in [3.8, 4) is 23.3 Å². The number of hydrogen-bond acceptors (Lipinski definition) is 7. The number of thioether (sulfide) groups is 1. The maximum Gasteiger partial charge on any atom is 0.231 e. The van der Waals surface area contributed by atoms with Crippen LogP contribution in [0.25, 0.3) is 0 Å². The summed E-state index contributed by atoms with van der Waals surface area (Å²) in [4.78, 5) is 14.7. The molecule has 2 aromatic carbocycles. The lowest BCUT2D eigenvalue weighted by atomic mass is 9.85. The first-order valence-electron chi connectivity index (χ1n) is 10.6. The molecule has 1 fully saturated rings. The highest BCUT2D eigenvalue weighted by Crippen LogP contribution is 2.52. The molecule has 7 nitrogen and oxygen atoms in total. The molecule has 2 aliphatic rings. The number of hydrogen-bond donors (Lipinski definition) is 1. The standard InChI is InChI=1S/C25H26N2O5S/c1-15(2)32-18-8-5-16(6-9-18)19-12-23(28)27-24(20(19)13-26)33-14-25(27,29)17-7-10-21(30-3)22(11-17)31-4/h5-11,15,19,29H,12,14H2,1-4H3/t19-,25-/m0/s1. The largest absolute Gasteiger partial charge is 0.493 e. The average Bonchev–Trinajstić information content (AvgIpc) is 3.17. The molecule has 0 unspecified atom stereocenters. The quantitative estimate of drug-likeness (QED) is 0.684. The summed E-state index contributed by atoms with van der Waals surface area (Å²) in [7, 11) is 3.05. The molecule has 2 atom stereocenters. The van der Waals surface area contributed by atoms with Gasteiger partial charge in [0, 0.05) is 17.9 Å². The van der Waals surface area contributed by atoms with Crippen molar-refractivity contribution in [1.29, 1.82) is 5.26 Å². The van der Waals surface area contributed by atoms with E-state index in [0.29, 0.717) is 27.7 Å². The number of carbonyl (C=O) groups is 1. The Morgan fingerprint density at radius 1 is 1.15 bits per heavy atom. The highest BCUT2D eigenvalue weighted by Gasteiger charge is 2.52. The van der Waals surface area contributed by atoms with Gasteiger partial charge in [-0.25, -0.2) is 0 Å². The summed E-state index contributed by atoms with van der Waals surface area (Å²) in [5.74, 6) is 1.32. The number of nitrogens with zero attached hydrogens (tertiary/aromatic N) is 2. The van der Waals surface area contributed by atoms with Gasteiger partial charge in [-0.3, -0.25) is 9.69 Å². The number of amides is 1. The topological polar surface area (TPSA) is 92.0 Å². The monoisotopic (exact) mass is 466 g/mol. The average molecular weight is 467 g/mol. The van der Waals surface area contributed by atoms with Crippen LogP contribution in [-0.4, -0.2) is 42.0 Å². The summed E-state index contributed by atoms with van der Waals surface area (Å²) in [5, 5.41) is 22.1. The predicted molar refractivity (Wildman–Crippen MR) is 125 cm³/mol. The smallest absolute Gasteiger partial charge is 0.231 e. The highest BCUT2D eigenvalue weighted by atomic mass is 32.2. The van der Waals surface area contributed by atoms with Crippen LogP contribution in [-0.2, 0) is 10.5 Å². The molecule has 0 bridgehead atoms. The number of carbonyl (C=O) groups excluding carboxylic acids is 1. The predicted octanol–water partition coefficient (Wildman–Crippen LogP) is 4.13. The van der Waals surface area contributed by atoms with E-state index in [4.69, 9.17) is 14.2 Å². The fourth-order valence-electron chi connectivity index (χ4n) is 4.26. The van der Waals surface area contributed by atoms with Gasteiger partial charge in [0.1, 0.15) is 5.75 Å². The van der Waals surface area contributed by atoms with Gasteiger partial charge in [-0.2, -0.15) is 5.26 Å². The van der Waals surface area contributed by atoms with E-state index in [2.05, 4.69) is 6.07 Å². The zero-order valence-electron chi connectivity index (χ0n) is 19.0. The van der Waals surface area contributed by atoms with E-state index in [1.807, 2.05) is 38.1 Å². The van der Waals surface area contributed by atoms with E-state index in [9.17, 15) is 15.2 Å².